The van der Waals surface area contributed by atoms with Gasteiger partial charge in [0.2, 0.25) is 0 Å². The van der Waals surface area contributed by atoms with Crippen LogP contribution < -0.4 is 10.2 Å². The lowest BCUT2D eigenvalue weighted by Gasteiger charge is -2.35. The van der Waals surface area contributed by atoms with E-state index in [0.717, 1.165) is 5.56 Å². The van der Waals surface area contributed by atoms with Gasteiger partial charge in [-0.15, -0.1) is 11.6 Å². The Morgan fingerprint density at radius 1 is 1.15 bits per heavy atom. The van der Waals surface area contributed by atoms with E-state index in [1.165, 1.54) is 12.1 Å². The minimum atomic E-state index is -0.628. The molecule has 6 heteroatoms. The SMILES string of the molecule is COc1cccc(C(=O)NN(C(=O)c2cccc(C)c2)C(C)(C)C)c1CCl. The molecular formula is C21H25ClN2O3. The number of amides is 2. The minimum Gasteiger partial charge on any atom is -0.496 e. The van der Waals surface area contributed by atoms with E-state index in [-0.39, 0.29) is 11.8 Å². The van der Waals surface area contributed by atoms with Gasteiger partial charge in [-0.1, -0.05) is 23.8 Å². The van der Waals surface area contributed by atoms with Crippen LogP contribution in [-0.2, 0) is 5.88 Å². The lowest BCUT2D eigenvalue weighted by molar-refractivity contribution is 0.0358. The van der Waals surface area contributed by atoms with Gasteiger partial charge in [-0.2, -0.15) is 0 Å². The number of carbonyl (C=O) groups excluding carboxylic acids is 2. The molecule has 5 nitrogen and oxygen atoms in total. The zero-order chi connectivity index (χ0) is 20.2. The minimum absolute atomic E-state index is 0.119. The first kappa shape index (κ1) is 20.8. The van der Waals surface area contributed by atoms with Crippen LogP contribution in [0.4, 0.5) is 0 Å². The summed E-state index contributed by atoms with van der Waals surface area (Å²) in [6, 6.07) is 12.4. The van der Waals surface area contributed by atoms with Crippen LogP contribution in [0.5, 0.6) is 5.75 Å². The largest absolute Gasteiger partial charge is 0.496 e. The Bertz CT molecular complexity index is 844. The van der Waals surface area contributed by atoms with Crippen molar-refractivity contribution in [3.05, 3.63) is 64.7 Å². The number of carbonyl (C=O) groups is 2. The summed E-state index contributed by atoms with van der Waals surface area (Å²) < 4.78 is 5.28. The first-order chi connectivity index (χ1) is 12.7. The molecule has 2 rings (SSSR count). The lowest BCUT2D eigenvalue weighted by atomic mass is 10.0. The van der Waals surface area contributed by atoms with Crippen molar-refractivity contribution >= 4 is 23.4 Å². The predicted molar refractivity (Wildman–Crippen MR) is 107 cm³/mol. The summed E-state index contributed by atoms with van der Waals surface area (Å²) in [4.78, 5) is 26.0. The summed E-state index contributed by atoms with van der Waals surface area (Å²) in [6.07, 6.45) is 0. The van der Waals surface area contributed by atoms with Gasteiger partial charge in [0, 0.05) is 16.7 Å². The molecule has 0 heterocycles. The maximum atomic E-state index is 13.0. The lowest BCUT2D eigenvalue weighted by Crippen LogP contribution is -2.56. The van der Waals surface area contributed by atoms with E-state index in [1.807, 2.05) is 39.8 Å². The fourth-order valence-corrected chi connectivity index (χ4v) is 2.98. The van der Waals surface area contributed by atoms with E-state index in [1.54, 1.807) is 30.3 Å². The van der Waals surface area contributed by atoms with Crippen LogP contribution in [0.25, 0.3) is 0 Å². The Morgan fingerprint density at radius 2 is 1.81 bits per heavy atom. The summed E-state index contributed by atoms with van der Waals surface area (Å²) in [5.74, 6) is -0.0472. The normalized spacial score (nSPS) is 11.0. The van der Waals surface area contributed by atoms with Crippen molar-refractivity contribution in [1.29, 1.82) is 0 Å². The quantitative estimate of drug-likeness (QED) is 0.626. The molecule has 0 aromatic heterocycles. The number of hydrogen-bond donors (Lipinski definition) is 1. The van der Waals surface area contributed by atoms with Gasteiger partial charge in [-0.3, -0.25) is 15.0 Å². The van der Waals surface area contributed by atoms with Crippen molar-refractivity contribution < 1.29 is 14.3 Å². The highest BCUT2D eigenvalue weighted by Crippen LogP contribution is 2.25. The Morgan fingerprint density at radius 3 is 2.37 bits per heavy atom. The molecule has 0 spiro atoms. The number of halogens is 1. The summed E-state index contributed by atoms with van der Waals surface area (Å²) in [5, 5.41) is 1.35. The van der Waals surface area contributed by atoms with Crippen LogP contribution in [0.3, 0.4) is 0 Å². The summed E-state index contributed by atoms with van der Waals surface area (Å²) in [6.45, 7) is 7.48. The zero-order valence-corrected chi connectivity index (χ0v) is 17.1. The zero-order valence-electron chi connectivity index (χ0n) is 16.3. The summed E-state index contributed by atoms with van der Waals surface area (Å²) in [5.41, 5.74) is 4.55. The number of hydrogen-bond acceptors (Lipinski definition) is 3. The van der Waals surface area contributed by atoms with Gasteiger partial charge in [-0.25, -0.2) is 5.01 Å². The van der Waals surface area contributed by atoms with Crippen LogP contribution in [0.15, 0.2) is 42.5 Å². The molecule has 2 amide bonds. The first-order valence-corrected chi connectivity index (χ1v) is 9.16. The number of rotatable bonds is 4. The van der Waals surface area contributed by atoms with Crippen LogP contribution in [-0.4, -0.2) is 29.5 Å². The van der Waals surface area contributed by atoms with Crippen LogP contribution >= 0.6 is 11.6 Å². The number of ether oxygens (including phenoxy) is 1. The van der Waals surface area contributed by atoms with Crippen LogP contribution in [0.2, 0.25) is 0 Å². The van der Waals surface area contributed by atoms with E-state index in [2.05, 4.69) is 5.43 Å². The molecule has 0 radical (unpaired) electrons. The third-order valence-electron chi connectivity index (χ3n) is 4.08. The first-order valence-electron chi connectivity index (χ1n) is 8.63. The fraction of sp³-hybridized carbons (Fsp3) is 0.333. The van der Waals surface area contributed by atoms with Crippen molar-refractivity contribution in [2.45, 2.75) is 39.1 Å². The van der Waals surface area contributed by atoms with Gasteiger partial charge in [0.15, 0.2) is 0 Å². The summed E-state index contributed by atoms with van der Waals surface area (Å²) >= 11 is 6.02. The molecule has 27 heavy (non-hydrogen) atoms. The van der Waals surface area contributed by atoms with Crippen molar-refractivity contribution in [3.63, 3.8) is 0 Å². The number of methoxy groups -OCH3 is 1. The Labute approximate surface area is 165 Å². The molecule has 0 aliphatic heterocycles. The molecular weight excluding hydrogens is 364 g/mol. The van der Waals surface area contributed by atoms with Gasteiger partial charge in [0.1, 0.15) is 5.75 Å². The second-order valence-electron chi connectivity index (χ2n) is 7.24. The Hall–Kier alpha value is -2.53. The Kier molecular flexibility index (Phi) is 6.50. The number of nitrogens with zero attached hydrogens (tertiary/aromatic N) is 1. The van der Waals surface area contributed by atoms with Gasteiger partial charge in [0.25, 0.3) is 11.8 Å². The highest BCUT2D eigenvalue weighted by Gasteiger charge is 2.30. The number of aryl methyl sites for hydroxylation is 1. The number of alkyl halides is 1. The fourth-order valence-electron chi connectivity index (χ4n) is 2.70. The standard InChI is InChI=1S/C21H25ClN2O3/c1-14-8-6-9-15(12-14)20(26)24(21(2,3)4)23-19(25)16-10-7-11-18(27-5)17(16)13-22/h6-12H,13H2,1-5H3,(H,23,25). The monoisotopic (exact) mass is 388 g/mol. The molecule has 0 aliphatic carbocycles. The van der Waals surface area contributed by atoms with E-state index < -0.39 is 11.4 Å². The number of hydrazine groups is 1. The van der Waals surface area contributed by atoms with Crippen molar-refractivity contribution in [3.8, 4) is 5.75 Å². The van der Waals surface area contributed by atoms with E-state index in [9.17, 15) is 9.59 Å². The van der Waals surface area contributed by atoms with Crippen molar-refractivity contribution in [2.75, 3.05) is 7.11 Å². The van der Waals surface area contributed by atoms with Crippen molar-refractivity contribution in [2.24, 2.45) is 0 Å². The third kappa shape index (κ3) is 4.80. The van der Waals surface area contributed by atoms with E-state index in [0.29, 0.717) is 22.4 Å². The smallest absolute Gasteiger partial charge is 0.272 e. The molecule has 0 atom stereocenters. The molecule has 2 aromatic rings. The van der Waals surface area contributed by atoms with E-state index >= 15 is 0 Å². The topological polar surface area (TPSA) is 58.6 Å². The van der Waals surface area contributed by atoms with Gasteiger partial charge < -0.3 is 4.74 Å². The molecule has 0 aliphatic rings. The maximum Gasteiger partial charge on any atom is 0.272 e. The molecule has 144 valence electrons. The second kappa shape index (κ2) is 8.44. The Balaban J connectivity index is 2.38. The second-order valence-corrected chi connectivity index (χ2v) is 7.51. The molecule has 1 N–H and O–H groups in total. The highest BCUT2D eigenvalue weighted by molar-refractivity contribution is 6.18. The molecule has 0 saturated heterocycles. The molecule has 0 fully saturated rings. The predicted octanol–water partition coefficient (Wildman–Crippen LogP) is 4.33. The maximum absolute atomic E-state index is 13.0. The van der Waals surface area contributed by atoms with Crippen LogP contribution in [0, 0.1) is 6.92 Å². The van der Waals surface area contributed by atoms with E-state index in [4.69, 9.17) is 16.3 Å². The third-order valence-corrected chi connectivity index (χ3v) is 4.35. The summed E-state index contributed by atoms with van der Waals surface area (Å²) in [7, 11) is 1.52. The average Bonchev–Trinajstić information content (AvgIpc) is 2.63. The molecule has 2 aromatic carbocycles. The highest BCUT2D eigenvalue weighted by atomic mass is 35.5. The average molecular weight is 389 g/mol. The molecule has 0 bridgehead atoms. The molecule has 0 saturated carbocycles. The molecule has 0 unspecified atom stereocenters. The van der Waals surface area contributed by atoms with Gasteiger partial charge in [0.05, 0.1) is 18.5 Å². The van der Waals surface area contributed by atoms with Crippen LogP contribution in [0.1, 0.15) is 52.6 Å². The van der Waals surface area contributed by atoms with Gasteiger partial charge in [-0.05, 0) is 52.0 Å². The number of nitrogens with one attached hydrogen (secondary N) is 1. The van der Waals surface area contributed by atoms with Gasteiger partial charge >= 0.3 is 0 Å². The number of benzene rings is 2. The van der Waals surface area contributed by atoms with Crippen molar-refractivity contribution in [1.82, 2.24) is 10.4 Å².